The Balaban J connectivity index is 3.07. The fourth-order valence-electron chi connectivity index (χ4n) is 1.01. The van der Waals surface area contributed by atoms with Gasteiger partial charge in [0.2, 0.25) is 0 Å². The molecule has 1 rings (SSSR count). The van der Waals surface area contributed by atoms with Gasteiger partial charge in [0.25, 0.3) is 6.43 Å². The summed E-state index contributed by atoms with van der Waals surface area (Å²) in [6.45, 7) is 0. The normalized spacial score (nSPS) is 10.6. The largest absolute Gasteiger partial charge is 0.469 e. The maximum absolute atomic E-state index is 12.4. The third kappa shape index (κ3) is 3.34. The molecule has 0 N–H and O–H groups in total. The smallest absolute Gasteiger partial charge is 0.310 e. The van der Waals surface area contributed by atoms with Gasteiger partial charge in [-0.05, 0) is 28.7 Å². The first-order valence-corrected chi connectivity index (χ1v) is 6.02. The number of methoxy groups -OCH3 is 1. The number of esters is 1. The number of halogens is 4. The molecule has 0 fully saturated rings. The molecule has 88 valence electrons. The van der Waals surface area contributed by atoms with Gasteiger partial charge in [0.1, 0.15) is 9.39 Å². The maximum Gasteiger partial charge on any atom is 0.310 e. The van der Waals surface area contributed by atoms with Gasteiger partial charge in [-0.25, -0.2) is 13.8 Å². The van der Waals surface area contributed by atoms with Crippen LogP contribution in [0.1, 0.15) is 17.7 Å². The lowest BCUT2D eigenvalue weighted by atomic mass is 10.2. The van der Waals surface area contributed by atoms with Crippen molar-refractivity contribution in [3.8, 4) is 0 Å². The molecule has 1 heterocycles. The monoisotopic (exact) mass is 405 g/mol. The zero-order chi connectivity index (χ0) is 12.3. The lowest BCUT2D eigenvalue weighted by Crippen LogP contribution is -2.08. The van der Waals surface area contributed by atoms with Crippen molar-refractivity contribution in [3.05, 3.63) is 25.5 Å². The molecule has 0 radical (unpaired) electrons. The summed E-state index contributed by atoms with van der Waals surface area (Å²) in [4.78, 5) is 14.8. The van der Waals surface area contributed by atoms with E-state index in [0.717, 1.165) is 0 Å². The van der Waals surface area contributed by atoms with Crippen LogP contribution in [-0.2, 0) is 16.0 Å². The zero-order valence-corrected chi connectivity index (χ0v) is 11.9. The fraction of sp³-hybridized carbons (Fsp3) is 0.333. The Morgan fingerprint density at radius 2 is 2.31 bits per heavy atom. The van der Waals surface area contributed by atoms with Crippen LogP contribution in [0.15, 0.2) is 10.5 Å². The number of ether oxygens (including phenoxy) is 1. The summed E-state index contributed by atoms with van der Waals surface area (Å²) in [5, 5.41) is 0. The zero-order valence-electron chi connectivity index (χ0n) is 8.14. The van der Waals surface area contributed by atoms with Crippen LogP contribution < -0.4 is 0 Å². The fourth-order valence-corrected chi connectivity index (χ4v) is 2.71. The molecular weight excluding hydrogens is 399 g/mol. The van der Waals surface area contributed by atoms with Crippen molar-refractivity contribution in [1.29, 1.82) is 0 Å². The van der Waals surface area contributed by atoms with E-state index in [4.69, 9.17) is 0 Å². The van der Waals surface area contributed by atoms with Gasteiger partial charge in [-0.1, -0.05) is 15.9 Å². The molecule has 0 aliphatic carbocycles. The van der Waals surface area contributed by atoms with Crippen LogP contribution in [0.4, 0.5) is 8.78 Å². The van der Waals surface area contributed by atoms with Gasteiger partial charge in [-0.3, -0.25) is 4.79 Å². The van der Waals surface area contributed by atoms with E-state index in [-0.39, 0.29) is 12.1 Å². The lowest BCUT2D eigenvalue weighted by molar-refractivity contribution is -0.139. The third-order valence-corrected chi connectivity index (χ3v) is 3.41. The number of carbonyl (C=O) groups excluding carboxylic acids is 1. The van der Waals surface area contributed by atoms with Gasteiger partial charge >= 0.3 is 5.97 Å². The molecular formula is C9H7BrF2INO2. The molecule has 0 saturated carbocycles. The Morgan fingerprint density at radius 3 is 2.75 bits per heavy atom. The van der Waals surface area contributed by atoms with Crippen molar-refractivity contribution < 1.29 is 18.3 Å². The highest BCUT2D eigenvalue weighted by molar-refractivity contribution is 14.1. The predicted molar refractivity (Wildman–Crippen MR) is 65.3 cm³/mol. The van der Waals surface area contributed by atoms with E-state index >= 15 is 0 Å². The number of carbonyl (C=O) groups is 1. The quantitative estimate of drug-likeness (QED) is 0.440. The molecule has 0 aliphatic heterocycles. The number of hydrogen-bond acceptors (Lipinski definition) is 3. The van der Waals surface area contributed by atoms with Crippen molar-refractivity contribution in [2.75, 3.05) is 7.11 Å². The van der Waals surface area contributed by atoms with E-state index in [1.165, 1.54) is 13.2 Å². The molecule has 0 unspecified atom stereocenters. The molecule has 3 nitrogen and oxygen atoms in total. The van der Waals surface area contributed by atoms with Crippen LogP contribution in [0.25, 0.3) is 0 Å². The van der Waals surface area contributed by atoms with Gasteiger partial charge in [-0.2, -0.15) is 0 Å². The highest BCUT2D eigenvalue weighted by Gasteiger charge is 2.17. The SMILES string of the molecule is COC(=O)Cc1c(Br)cc(C(F)F)nc1I. The Kier molecular flexibility index (Phi) is 5.03. The maximum atomic E-state index is 12.4. The molecule has 0 aliphatic rings. The highest BCUT2D eigenvalue weighted by atomic mass is 127. The molecule has 0 atom stereocenters. The van der Waals surface area contributed by atoms with Crippen LogP contribution >= 0.6 is 38.5 Å². The van der Waals surface area contributed by atoms with Crippen LogP contribution in [0.3, 0.4) is 0 Å². The lowest BCUT2D eigenvalue weighted by Gasteiger charge is -2.08. The topological polar surface area (TPSA) is 39.2 Å². The van der Waals surface area contributed by atoms with E-state index in [9.17, 15) is 13.6 Å². The number of rotatable bonds is 3. The van der Waals surface area contributed by atoms with Crippen LogP contribution in [-0.4, -0.2) is 18.1 Å². The molecule has 1 aromatic rings. The number of hydrogen-bond donors (Lipinski definition) is 0. The minimum absolute atomic E-state index is 0.00583. The van der Waals surface area contributed by atoms with Gasteiger partial charge in [0.15, 0.2) is 0 Å². The van der Waals surface area contributed by atoms with Crippen LogP contribution in [0, 0.1) is 3.70 Å². The first-order valence-electron chi connectivity index (χ1n) is 4.15. The van der Waals surface area contributed by atoms with Gasteiger partial charge in [0.05, 0.1) is 13.5 Å². The van der Waals surface area contributed by atoms with Crippen molar-refractivity contribution in [2.45, 2.75) is 12.8 Å². The Bertz CT molecular complexity index is 391. The average molecular weight is 406 g/mol. The number of alkyl halides is 2. The third-order valence-electron chi connectivity index (χ3n) is 1.81. The molecule has 0 bridgehead atoms. The second-order valence-corrected chi connectivity index (χ2v) is 4.73. The van der Waals surface area contributed by atoms with Gasteiger partial charge in [-0.15, -0.1) is 0 Å². The Hall–Kier alpha value is -0.310. The Labute approximate surface area is 113 Å². The first-order chi connectivity index (χ1) is 7.45. The summed E-state index contributed by atoms with van der Waals surface area (Å²) in [6, 6.07) is 1.21. The summed E-state index contributed by atoms with van der Waals surface area (Å²) < 4.78 is 30.1. The van der Waals surface area contributed by atoms with Gasteiger partial charge < -0.3 is 4.74 Å². The highest BCUT2D eigenvalue weighted by Crippen LogP contribution is 2.27. The van der Waals surface area contributed by atoms with E-state index in [1.54, 1.807) is 0 Å². The van der Waals surface area contributed by atoms with E-state index in [2.05, 4.69) is 25.7 Å². The summed E-state index contributed by atoms with van der Waals surface area (Å²) in [6.07, 6.45) is -2.62. The number of pyridine rings is 1. The van der Waals surface area contributed by atoms with Crippen molar-refractivity contribution in [3.63, 3.8) is 0 Å². The summed E-state index contributed by atoms with van der Waals surface area (Å²) >= 11 is 4.95. The van der Waals surface area contributed by atoms with Crippen molar-refractivity contribution >= 4 is 44.5 Å². The minimum Gasteiger partial charge on any atom is -0.469 e. The summed E-state index contributed by atoms with van der Waals surface area (Å²) in [5.74, 6) is -0.440. The summed E-state index contributed by atoms with van der Waals surface area (Å²) in [7, 11) is 1.27. The van der Waals surface area contributed by atoms with Crippen molar-refractivity contribution in [2.24, 2.45) is 0 Å². The standard InChI is InChI=1S/C9H7BrF2INO2/c1-16-7(15)2-4-5(10)3-6(8(11)12)14-9(4)13/h3,8H,2H2,1H3. The average Bonchev–Trinajstić information content (AvgIpc) is 2.22. The predicted octanol–water partition coefficient (Wildman–Crippen LogP) is 3.10. The van der Waals surface area contributed by atoms with Crippen LogP contribution in [0.5, 0.6) is 0 Å². The Morgan fingerprint density at radius 1 is 1.69 bits per heavy atom. The summed E-state index contributed by atoms with van der Waals surface area (Å²) in [5.41, 5.74) is 0.238. The molecule has 0 spiro atoms. The molecule has 0 saturated heterocycles. The minimum atomic E-state index is -2.63. The second kappa shape index (κ2) is 5.85. The van der Waals surface area contributed by atoms with E-state index in [1.807, 2.05) is 22.6 Å². The molecule has 0 amide bonds. The number of aromatic nitrogens is 1. The van der Waals surface area contributed by atoms with Gasteiger partial charge in [0, 0.05) is 10.0 Å². The molecule has 0 aromatic carbocycles. The molecule has 1 aromatic heterocycles. The van der Waals surface area contributed by atoms with Crippen LogP contribution in [0.2, 0.25) is 0 Å². The molecule has 16 heavy (non-hydrogen) atoms. The van der Waals surface area contributed by atoms with Crippen molar-refractivity contribution in [1.82, 2.24) is 4.98 Å². The molecule has 7 heteroatoms. The first kappa shape index (κ1) is 13.8. The number of nitrogens with zero attached hydrogens (tertiary/aromatic N) is 1. The second-order valence-electron chi connectivity index (χ2n) is 2.85. The van der Waals surface area contributed by atoms with E-state index < -0.39 is 12.4 Å². The van der Waals surface area contributed by atoms with E-state index in [0.29, 0.717) is 13.7 Å².